The molecule has 4 nitrogen and oxygen atoms in total. The number of carboxylic acid groups (broad SMARTS) is 1. The monoisotopic (exact) mass is 271 g/mol. The van der Waals surface area contributed by atoms with Gasteiger partial charge < -0.3 is 15.6 Å². The number of hydrogen-bond donors (Lipinski definition) is 2. The second-order valence-electron chi connectivity index (χ2n) is 4.48. The molecule has 1 atom stereocenters. The van der Waals surface area contributed by atoms with E-state index in [9.17, 15) is 4.79 Å². The fraction of sp³-hybridized carbons (Fsp3) is 0.462. The normalized spacial score (nSPS) is 12.6. The van der Waals surface area contributed by atoms with Crippen LogP contribution in [0.3, 0.4) is 0 Å². The Balaban J connectivity index is 3.18. The van der Waals surface area contributed by atoms with Crippen LogP contribution >= 0.6 is 11.6 Å². The van der Waals surface area contributed by atoms with Crippen molar-refractivity contribution >= 4 is 17.6 Å². The molecule has 0 heterocycles. The lowest BCUT2D eigenvalue weighted by molar-refractivity contribution is -0.137. The number of benzene rings is 1. The molecule has 0 aliphatic rings. The Morgan fingerprint density at radius 2 is 2.11 bits per heavy atom. The van der Waals surface area contributed by atoms with Gasteiger partial charge in [0, 0.05) is 16.6 Å². The minimum atomic E-state index is -0.939. The summed E-state index contributed by atoms with van der Waals surface area (Å²) in [5, 5.41) is 9.30. The van der Waals surface area contributed by atoms with Crippen molar-refractivity contribution in [3.8, 4) is 5.75 Å². The summed E-state index contributed by atoms with van der Waals surface area (Å²) in [6, 6.07) is 2.89. The first-order valence-corrected chi connectivity index (χ1v) is 6.09. The van der Waals surface area contributed by atoms with Gasteiger partial charge in [0.15, 0.2) is 0 Å². The number of ether oxygens (including phenoxy) is 1. The van der Waals surface area contributed by atoms with Crippen molar-refractivity contribution in [3.05, 3.63) is 28.3 Å². The van der Waals surface area contributed by atoms with E-state index in [-0.39, 0.29) is 12.3 Å². The summed E-state index contributed by atoms with van der Waals surface area (Å²) in [5.74, 6) is -0.0731. The number of aliphatic carboxylic acids is 1. The second-order valence-corrected chi connectivity index (χ2v) is 4.88. The lowest BCUT2D eigenvalue weighted by Crippen LogP contribution is -2.15. The van der Waals surface area contributed by atoms with Crippen LogP contribution in [0.2, 0.25) is 5.02 Å². The van der Waals surface area contributed by atoms with Crippen LogP contribution in [0.1, 0.15) is 43.4 Å². The predicted molar refractivity (Wildman–Crippen MR) is 71.3 cm³/mol. The van der Waals surface area contributed by atoms with Crippen LogP contribution in [0, 0.1) is 0 Å². The molecule has 0 fully saturated rings. The molecule has 0 aliphatic heterocycles. The molecule has 100 valence electrons. The minimum absolute atomic E-state index is 0.138. The summed E-state index contributed by atoms with van der Waals surface area (Å²) in [6.07, 6.45) is -0.138. The van der Waals surface area contributed by atoms with E-state index in [1.165, 1.54) is 0 Å². The van der Waals surface area contributed by atoms with Crippen LogP contribution < -0.4 is 10.5 Å². The van der Waals surface area contributed by atoms with E-state index in [1.807, 2.05) is 13.8 Å². The van der Waals surface area contributed by atoms with Gasteiger partial charge in [-0.1, -0.05) is 25.4 Å². The molecule has 1 rings (SSSR count). The van der Waals surface area contributed by atoms with E-state index in [4.69, 9.17) is 27.2 Å². The molecule has 0 aromatic heterocycles. The largest absolute Gasteiger partial charge is 0.496 e. The third-order valence-corrected chi connectivity index (χ3v) is 3.05. The van der Waals surface area contributed by atoms with Crippen LogP contribution in [0.4, 0.5) is 0 Å². The molecule has 0 bridgehead atoms. The summed E-state index contributed by atoms with van der Waals surface area (Å²) in [7, 11) is 1.56. The molecular formula is C13H18ClNO3. The third-order valence-electron chi connectivity index (χ3n) is 2.73. The first-order chi connectivity index (χ1) is 8.36. The zero-order valence-corrected chi connectivity index (χ0v) is 11.5. The topological polar surface area (TPSA) is 72.5 Å². The third kappa shape index (κ3) is 3.37. The SMILES string of the molecule is COc1cc(C(N)CC(=O)O)cc(Cl)c1C(C)C. The highest BCUT2D eigenvalue weighted by Gasteiger charge is 2.17. The van der Waals surface area contributed by atoms with E-state index < -0.39 is 12.0 Å². The van der Waals surface area contributed by atoms with Crippen LogP contribution in [-0.4, -0.2) is 18.2 Å². The van der Waals surface area contributed by atoms with Gasteiger partial charge in [0.05, 0.1) is 13.5 Å². The van der Waals surface area contributed by atoms with Gasteiger partial charge in [-0.25, -0.2) is 0 Å². The average Bonchev–Trinajstić information content (AvgIpc) is 2.26. The maximum Gasteiger partial charge on any atom is 0.305 e. The van der Waals surface area contributed by atoms with Crippen molar-refractivity contribution in [2.45, 2.75) is 32.2 Å². The Kier molecular flexibility index (Phi) is 4.99. The van der Waals surface area contributed by atoms with Gasteiger partial charge in [0.2, 0.25) is 0 Å². The molecule has 0 saturated carbocycles. The second kappa shape index (κ2) is 6.07. The van der Waals surface area contributed by atoms with Gasteiger partial charge >= 0.3 is 5.97 Å². The molecule has 0 aliphatic carbocycles. The summed E-state index contributed by atoms with van der Waals surface area (Å²) < 4.78 is 5.30. The van der Waals surface area contributed by atoms with E-state index in [0.29, 0.717) is 16.3 Å². The smallest absolute Gasteiger partial charge is 0.305 e. The van der Waals surface area contributed by atoms with Gasteiger partial charge in [-0.05, 0) is 23.6 Å². The highest BCUT2D eigenvalue weighted by Crippen LogP contribution is 2.36. The average molecular weight is 272 g/mol. The number of rotatable bonds is 5. The van der Waals surface area contributed by atoms with Gasteiger partial charge in [0.25, 0.3) is 0 Å². The molecular weight excluding hydrogens is 254 g/mol. The van der Waals surface area contributed by atoms with Gasteiger partial charge in [-0.3, -0.25) is 4.79 Å². The molecule has 1 unspecified atom stereocenters. The standard InChI is InChI=1S/C13H18ClNO3/c1-7(2)13-9(14)4-8(5-11(13)18-3)10(15)6-12(16)17/h4-5,7,10H,6,15H2,1-3H3,(H,16,17). The number of carbonyl (C=O) groups is 1. The Morgan fingerprint density at radius 1 is 1.50 bits per heavy atom. The van der Waals surface area contributed by atoms with Crippen molar-refractivity contribution in [3.63, 3.8) is 0 Å². The van der Waals surface area contributed by atoms with Crippen molar-refractivity contribution in [1.82, 2.24) is 0 Å². The lowest BCUT2D eigenvalue weighted by Gasteiger charge is -2.18. The van der Waals surface area contributed by atoms with Crippen molar-refractivity contribution in [2.75, 3.05) is 7.11 Å². The summed E-state index contributed by atoms with van der Waals surface area (Å²) in [4.78, 5) is 10.7. The predicted octanol–water partition coefficient (Wildman–Crippen LogP) is 2.95. The first-order valence-electron chi connectivity index (χ1n) is 5.71. The van der Waals surface area contributed by atoms with Crippen LogP contribution in [0.5, 0.6) is 5.75 Å². The van der Waals surface area contributed by atoms with E-state index in [1.54, 1.807) is 19.2 Å². The van der Waals surface area contributed by atoms with Crippen molar-refractivity contribution < 1.29 is 14.6 Å². The van der Waals surface area contributed by atoms with Gasteiger partial charge in [-0.2, -0.15) is 0 Å². The molecule has 1 aromatic rings. The summed E-state index contributed by atoms with van der Waals surface area (Å²) >= 11 is 6.21. The minimum Gasteiger partial charge on any atom is -0.496 e. The van der Waals surface area contributed by atoms with Crippen LogP contribution in [-0.2, 0) is 4.79 Å². The van der Waals surface area contributed by atoms with Crippen molar-refractivity contribution in [2.24, 2.45) is 5.73 Å². The van der Waals surface area contributed by atoms with E-state index in [0.717, 1.165) is 5.56 Å². The van der Waals surface area contributed by atoms with Gasteiger partial charge in [-0.15, -0.1) is 0 Å². The molecule has 18 heavy (non-hydrogen) atoms. The molecule has 0 saturated heterocycles. The fourth-order valence-electron chi connectivity index (χ4n) is 1.86. The zero-order valence-electron chi connectivity index (χ0n) is 10.7. The molecule has 1 aromatic carbocycles. The van der Waals surface area contributed by atoms with Gasteiger partial charge in [0.1, 0.15) is 5.75 Å². The Labute approximate surface area is 112 Å². The summed E-state index contributed by atoms with van der Waals surface area (Å²) in [6.45, 7) is 4.03. The highest BCUT2D eigenvalue weighted by atomic mass is 35.5. The maximum atomic E-state index is 10.7. The molecule has 0 radical (unpaired) electrons. The lowest BCUT2D eigenvalue weighted by atomic mass is 9.96. The molecule has 5 heteroatoms. The Hall–Kier alpha value is -1.26. The Morgan fingerprint density at radius 3 is 2.56 bits per heavy atom. The Bertz CT molecular complexity index is 446. The number of nitrogens with two attached hydrogens (primary N) is 1. The summed E-state index contributed by atoms with van der Waals surface area (Å²) in [5.41, 5.74) is 7.40. The number of carboxylic acids is 1. The maximum absolute atomic E-state index is 10.7. The van der Waals surface area contributed by atoms with Crippen LogP contribution in [0.25, 0.3) is 0 Å². The quantitative estimate of drug-likeness (QED) is 0.864. The fourth-order valence-corrected chi connectivity index (χ4v) is 2.30. The zero-order chi connectivity index (χ0) is 13.9. The molecule has 0 spiro atoms. The van der Waals surface area contributed by atoms with E-state index in [2.05, 4.69) is 0 Å². The number of methoxy groups -OCH3 is 1. The number of halogens is 1. The van der Waals surface area contributed by atoms with Crippen molar-refractivity contribution in [1.29, 1.82) is 0 Å². The molecule has 0 amide bonds. The number of hydrogen-bond acceptors (Lipinski definition) is 3. The first kappa shape index (κ1) is 14.8. The van der Waals surface area contributed by atoms with Crippen LogP contribution in [0.15, 0.2) is 12.1 Å². The highest BCUT2D eigenvalue weighted by molar-refractivity contribution is 6.31. The molecule has 3 N–H and O–H groups in total. The van der Waals surface area contributed by atoms with E-state index >= 15 is 0 Å².